The summed E-state index contributed by atoms with van der Waals surface area (Å²) in [6.07, 6.45) is 0.649. The van der Waals surface area contributed by atoms with Gasteiger partial charge < -0.3 is 20.9 Å². The smallest absolute Gasteiger partial charge is 0.278 e. The molecule has 6 N–H and O–H groups in total. The normalized spacial score (nSPS) is 12.2. The molecule has 2 rings (SSSR count). The second kappa shape index (κ2) is 3.82. The Balaban J connectivity index is 2.59. The quantitative estimate of drug-likeness (QED) is 0.442. The van der Waals surface area contributed by atoms with Gasteiger partial charge in [0, 0.05) is 6.42 Å². The fourth-order valence-corrected chi connectivity index (χ4v) is 1.58. The Morgan fingerprint density at radius 2 is 2.06 bits per heavy atom. The van der Waals surface area contributed by atoms with Crippen molar-refractivity contribution in [3.8, 4) is 0 Å². The first-order valence-corrected chi connectivity index (χ1v) is 5.15. The highest BCUT2D eigenvalue weighted by molar-refractivity contribution is 5.70. The molecule has 0 bridgehead atoms. The lowest BCUT2D eigenvalue weighted by Crippen LogP contribution is -2.26. The monoisotopic (exact) mass is 239 g/mol. The average Bonchev–Trinajstić information content (AvgIpc) is 2.62. The maximum atomic E-state index is 11.5. The highest BCUT2D eigenvalue weighted by atomic mass is 16.5. The van der Waals surface area contributed by atoms with Crippen LogP contribution in [0.5, 0.6) is 0 Å². The predicted molar refractivity (Wildman–Crippen MR) is 59.9 cm³/mol. The van der Waals surface area contributed by atoms with Crippen molar-refractivity contribution in [1.29, 1.82) is 0 Å². The summed E-state index contributed by atoms with van der Waals surface area (Å²) < 4.78 is 0. The maximum absolute atomic E-state index is 11.5. The Bertz CT molecular complexity index is 600. The minimum atomic E-state index is -2.10. The molecule has 17 heavy (non-hydrogen) atoms. The van der Waals surface area contributed by atoms with Crippen LogP contribution in [0.2, 0.25) is 0 Å². The fourth-order valence-electron chi connectivity index (χ4n) is 1.58. The van der Waals surface area contributed by atoms with E-state index in [0.29, 0.717) is 6.42 Å². The molecule has 0 aliphatic rings. The van der Waals surface area contributed by atoms with Crippen molar-refractivity contribution in [2.45, 2.75) is 25.6 Å². The third-order valence-electron chi connectivity index (χ3n) is 2.36. The van der Waals surface area contributed by atoms with Crippen LogP contribution in [0.25, 0.3) is 11.2 Å². The van der Waals surface area contributed by atoms with Crippen molar-refractivity contribution >= 4 is 17.1 Å². The van der Waals surface area contributed by atoms with E-state index < -0.39 is 11.3 Å². The molecule has 0 atom stereocenters. The highest BCUT2D eigenvalue weighted by Crippen LogP contribution is 2.21. The number of aliphatic hydroxyl groups is 2. The number of imidazole rings is 1. The van der Waals surface area contributed by atoms with E-state index in [9.17, 15) is 15.0 Å². The number of nitrogen functional groups attached to an aromatic ring is 1. The second-order valence-electron chi connectivity index (χ2n) is 3.80. The number of aromatic nitrogens is 4. The average molecular weight is 239 g/mol. The largest absolute Gasteiger partial charge is 0.369 e. The molecular formula is C9H13N5O3. The molecule has 0 fully saturated rings. The number of rotatable bonds is 3. The Kier molecular flexibility index (Phi) is 2.60. The van der Waals surface area contributed by atoms with Gasteiger partial charge in [-0.25, -0.2) is 4.98 Å². The molecule has 92 valence electrons. The third kappa shape index (κ3) is 1.99. The molecule has 0 saturated heterocycles. The van der Waals surface area contributed by atoms with Crippen molar-refractivity contribution in [3.63, 3.8) is 0 Å². The van der Waals surface area contributed by atoms with Gasteiger partial charge in [-0.3, -0.25) is 9.78 Å². The number of nitrogens with two attached hydrogens (primary N) is 1. The SMILES string of the molecule is CCCC(O)(O)c1nc2nc(N)[nH]c(=O)c2[nH]1. The zero-order valence-electron chi connectivity index (χ0n) is 9.19. The van der Waals surface area contributed by atoms with Gasteiger partial charge in [-0.05, 0) is 0 Å². The van der Waals surface area contributed by atoms with E-state index in [1.165, 1.54) is 0 Å². The number of nitrogens with zero attached hydrogens (tertiary/aromatic N) is 2. The summed E-state index contributed by atoms with van der Waals surface area (Å²) in [5.74, 6) is -2.29. The van der Waals surface area contributed by atoms with Crippen LogP contribution >= 0.6 is 0 Å². The van der Waals surface area contributed by atoms with Crippen LogP contribution in [0.3, 0.4) is 0 Å². The van der Waals surface area contributed by atoms with Crippen LogP contribution in [0.1, 0.15) is 25.6 Å². The van der Waals surface area contributed by atoms with Gasteiger partial charge in [-0.2, -0.15) is 4.98 Å². The molecular weight excluding hydrogens is 226 g/mol. The Morgan fingerprint density at radius 3 is 2.71 bits per heavy atom. The lowest BCUT2D eigenvalue weighted by molar-refractivity contribution is -0.180. The van der Waals surface area contributed by atoms with Crippen molar-refractivity contribution in [2.75, 3.05) is 5.73 Å². The first-order valence-electron chi connectivity index (χ1n) is 5.15. The molecule has 0 saturated carbocycles. The summed E-state index contributed by atoms with van der Waals surface area (Å²) >= 11 is 0. The zero-order valence-corrected chi connectivity index (χ0v) is 9.19. The second-order valence-corrected chi connectivity index (χ2v) is 3.80. The molecule has 0 aliphatic carbocycles. The van der Waals surface area contributed by atoms with E-state index >= 15 is 0 Å². The molecule has 2 heterocycles. The van der Waals surface area contributed by atoms with Crippen LogP contribution in [-0.2, 0) is 5.79 Å². The van der Waals surface area contributed by atoms with Gasteiger partial charge in [0.25, 0.3) is 5.56 Å². The van der Waals surface area contributed by atoms with E-state index in [2.05, 4.69) is 19.9 Å². The summed E-state index contributed by atoms with van der Waals surface area (Å²) in [5, 5.41) is 19.5. The van der Waals surface area contributed by atoms with Crippen molar-refractivity contribution in [3.05, 3.63) is 16.2 Å². The summed E-state index contributed by atoms with van der Waals surface area (Å²) in [5.41, 5.74) is 4.98. The Morgan fingerprint density at radius 1 is 1.35 bits per heavy atom. The topological polar surface area (TPSA) is 141 Å². The van der Waals surface area contributed by atoms with E-state index in [1.54, 1.807) is 6.92 Å². The summed E-state index contributed by atoms with van der Waals surface area (Å²) in [6.45, 7) is 1.80. The summed E-state index contributed by atoms with van der Waals surface area (Å²) in [7, 11) is 0. The number of anilines is 1. The molecule has 8 nitrogen and oxygen atoms in total. The van der Waals surface area contributed by atoms with Gasteiger partial charge in [0.1, 0.15) is 0 Å². The summed E-state index contributed by atoms with van der Waals surface area (Å²) in [6, 6.07) is 0. The zero-order chi connectivity index (χ0) is 12.6. The van der Waals surface area contributed by atoms with Gasteiger partial charge in [0.15, 0.2) is 17.0 Å². The number of nitrogens with one attached hydrogen (secondary N) is 2. The van der Waals surface area contributed by atoms with Crippen LogP contribution in [0, 0.1) is 0 Å². The first-order chi connectivity index (χ1) is 7.94. The summed E-state index contributed by atoms with van der Waals surface area (Å²) in [4.78, 5) is 24.0. The van der Waals surface area contributed by atoms with Crippen LogP contribution in [-0.4, -0.2) is 30.1 Å². The Labute approximate surface area is 95.5 Å². The third-order valence-corrected chi connectivity index (χ3v) is 2.36. The molecule has 2 aromatic heterocycles. The van der Waals surface area contributed by atoms with Gasteiger partial charge >= 0.3 is 0 Å². The minimum Gasteiger partial charge on any atom is -0.369 e. The van der Waals surface area contributed by atoms with E-state index in [0.717, 1.165) is 0 Å². The number of hydrogen-bond acceptors (Lipinski definition) is 6. The van der Waals surface area contributed by atoms with Gasteiger partial charge in [0.2, 0.25) is 11.7 Å². The lowest BCUT2D eigenvalue weighted by Gasteiger charge is -2.17. The van der Waals surface area contributed by atoms with Crippen molar-refractivity contribution in [1.82, 2.24) is 19.9 Å². The van der Waals surface area contributed by atoms with Crippen LogP contribution < -0.4 is 11.3 Å². The van der Waals surface area contributed by atoms with E-state index in [1.807, 2.05) is 0 Å². The number of hydrogen-bond donors (Lipinski definition) is 5. The molecule has 0 amide bonds. The molecule has 0 radical (unpaired) electrons. The first kappa shape index (κ1) is 11.6. The molecule has 8 heteroatoms. The number of H-pyrrole nitrogens is 2. The van der Waals surface area contributed by atoms with Crippen LogP contribution in [0.4, 0.5) is 5.95 Å². The molecule has 0 aliphatic heterocycles. The fraction of sp³-hybridized carbons (Fsp3) is 0.444. The number of fused-ring (bicyclic) bond motifs is 1. The van der Waals surface area contributed by atoms with Gasteiger partial charge in [-0.15, -0.1) is 0 Å². The molecule has 0 aromatic carbocycles. The van der Waals surface area contributed by atoms with Crippen molar-refractivity contribution in [2.24, 2.45) is 0 Å². The van der Waals surface area contributed by atoms with Crippen molar-refractivity contribution < 1.29 is 10.2 Å². The van der Waals surface area contributed by atoms with E-state index in [-0.39, 0.29) is 29.4 Å². The number of aromatic amines is 2. The van der Waals surface area contributed by atoms with Crippen LogP contribution in [0.15, 0.2) is 4.79 Å². The van der Waals surface area contributed by atoms with Gasteiger partial charge in [-0.1, -0.05) is 13.3 Å². The highest BCUT2D eigenvalue weighted by Gasteiger charge is 2.29. The molecule has 0 unspecified atom stereocenters. The molecule has 2 aromatic rings. The standard InChI is InChI=1S/C9H13N5O3/c1-2-3-9(16,17)7-11-4-5(12-7)13-8(10)14-6(4)15/h16-17H,2-3H2,1H3,(H4,10,11,12,13,14,15). The van der Waals surface area contributed by atoms with Gasteiger partial charge in [0.05, 0.1) is 0 Å². The Hall–Kier alpha value is -1.93. The van der Waals surface area contributed by atoms with E-state index in [4.69, 9.17) is 5.73 Å². The maximum Gasteiger partial charge on any atom is 0.278 e. The predicted octanol–water partition coefficient (Wildman–Crippen LogP) is -0.834. The molecule has 0 spiro atoms. The minimum absolute atomic E-state index is 0.0600. The lowest BCUT2D eigenvalue weighted by atomic mass is 10.1.